The zero-order valence-electron chi connectivity index (χ0n) is 16.2. The van der Waals surface area contributed by atoms with Crippen LogP contribution in [0.3, 0.4) is 0 Å². The molecule has 0 fully saturated rings. The van der Waals surface area contributed by atoms with Crippen LogP contribution in [0.5, 0.6) is 11.5 Å². The minimum absolute atomic E-state index is 0.394. The second-order valence-corrected chi connectivity index (χ2v) is 7.89. The van der Waals surface area contributed by atoms with E-state index < -0.39 is 22.5 Å². The third-order valence-corrected chi connectivity index (χ3v) is 4.94. The van der Waals surface area contributed by atoms with E-state index in [1.807, 2.05) is 13.0 Å². The molecule has 0 aliphatic rings. The maximum atomic E-state index is 12.2. The van der Waals surface area contributed by atoms with Gasteiger partial charge in [-0.15, -0.1) is 0 Å². The van der Waals surface area contributed by atoms with Crippen LogP contribution in [0.1, 0.15) is 11.1 Å². The van der Waals surface area contributed by atoms with Crippen molar-refractivity contribution in [2.75, 3.05) is 31.3 Å². The Morgan fingerprint density at radius 3 is 2.50 bits per heavy atom. The number of carbonyl (C=O) groups excluding carboxylic acids is 1. The first-order valence-corrected chi connectivity index (χ1v) is 10.2. The monoisotopic (exact) mass is 405 g/mol. The molecule has 2 aromatic carbocycles. The van der Waals surface area contributed by atoms with E-state index in [-0.39, 0.29) is 0 Å². The number of benzene rings is 2. The minimum Gasteiger partial charge on any atom is -0.493 e. The molecule has 28 heavy (non-hydrogen) atoms. The quantitative estimate of drug-likeness (QED) is 0.535. The standard InChI is InChI=1S/C19H23N3O5S/c1-14-7-5-9-16(11-14)22(28(4,24)25)13-18(23)21-20-12-15-8-6-10-17(26-2)19(15)27-3/h5-12H,13H2,1-4H3,(H,21,23)/b20-12+. The number of ether oxygens (including phenoxy) is 2. The predicted molar refractivity (Wildman–Crippen MR) is 109 cm³/mol. The number of rotatable bonds is 8. The van der Waals surface area contributed by atoms with Gasteiger partial charge >= 0.3 is 0 Å². The molecule has 0 bridgehead atoms. The van der Waals surface area contributed by atoms with E-state index in [1.54, 1.807) is 36.4 Å². The highest BCUT2D eigenvalue weighted by molar-refractivity contribution is 7.92. The van der Waals surface area contributed by atoms with E-state index in [0.29, 0.717) is 22.7 Å². The van der Waals surface area contributed by atoms with Crippen LogP contribution >= 0.6 is 0 Å². The molecule has 0 saturated carbocycles. The molecule has 0 aliphatic heterocycles. The van der Waals surface area contributed by atoms with Crippen molar-refractivity contribution in [3.8, 4) is 11.5 Å². The van der Waals surface area contributed by atoms with Gasteiger partial charge in [0.05, 0.1) is 32.4 Å². The van der Waals surface area contributed by atoms with E-state index in [2.05, 4.69) is 10.5 Å². The molecular weight excluding hydrogens is 382 g/mol. The Bertz CT molecular complexity index is 973. The second-order valence-electron chi connectivity index (χ2n) is 5.98. The topological polar surface area (TPSA) is 97.3 Å². The fourth-order valence-corrected chi connectivity index (χ4v) is 3.38. The highest BCUT2D eigenvalue weighted by atomic mass is 32.2. The minimum atomic E-state index is -3.64. The lowest BCUT2D eigenvalue weighted by atomic mass is 10.2. The van der Waals surface area contributed by atoms with Gasteiger partial charge < -0.3 is 9.47 Å². The van der Waals surface area contributed by atoms with Crippen LogP contribution in [-0.4, -0.2) is 47.6 Å². The van der Waals surface area contributed by atoms with Gasteiger partial charge in [-0.1, -0.05) is 18.2 Å². The lowest BCUT2D eigenvalue weighted by molar-refractivity contribution is -0.119. The third-order valence-electron chi connectivity index (χ3n) is 3.80. The fourth-order valence-electron chi connectivity index (χ4n) is 2.54. The average molecular weight is 405 g/mol. The van der Waals surface area contributed by atoms with Crippen LogP contribution in [0.25, 0.3) is 0 Å². The Balaban J connectivity index is 2.13. The van der Waals surface area contributed by atoms with Crippen molar-refractivity contribution in [3.63, 3.8) is 0 Å². The number of para-hydroxylation sites is 1. The SMILES string of the molecule is COc1cccc(/C=N/NC(=O)CN(c2cccc(C)c2)S(C)(=O)=O)c1OC. The van der Waals surface area contributed by atoms with Crippen LogP contribution in [-0.2, 0) is 14.8 Å². The van der Waals surface area contributed by atoms with Crippen molar-refractivity contribution in [2.24, 2.45) is 5.10 Å². The number of anilines is 1. The van der Waals surface area contributed by atoms with E-state index in [1.165, 1.54) is 20.4 Å². The Kier molecular flexibility index (Phi) is 7.00. The third kappa shape index (κ3) is 5.46. The number of hydrazone groups is 1. The number of methoxy groups -OCH3 is 2. The van der Waals surface area contributed by atoms with Crippen molar-refractivity contribution < 1.29 is 22.7 Å². The van der Waals surface area contributed by atoms with Crippen molar-refractivity contribution in [1.29, 1.82) is 0 Å². The number of amides is 1. The summed E-state index contributed by atoms with van der Waals surface area (Å²) >= 11 is 0. The summed E-state index contributed by atoms with van der Waals surface area (Å²) < 4.78 is 35.7. The Morgan fingerprint density at radius 1 is 1.18 bits per heavy atom. The highest BCUT2D eigenvalue weighted by Gasteiger charge is 2.20. The molecule has 1 N–H and O–H groups in total. The maximum absolute atomic E-state index is 12.2. The van der Waals surface area contributed by atoms with E-state index >= 15 is 0 Å². The van der Waals surface area contributed by atoms with E-state index in [4.69, 9.17) is 9.47 Å². The Labute approximate surface area is 164 Å². The first-order valence-electron chi connectivity index (χ1n) is 8.33. The Morgan fingerprint density at radius 2 is 1.89 bits per heavy atom. The number of nitrogens with zero attached hydrogens (tertiary/aromatic N) is 2. The number of hydrogen-bond donors (Lipinski definition) is 1. The van der Waals surface area contributed by atoms with Crippen molar-refractivity contribution in [1.82, 2.24) is 5.43 Å². The first-order chi connectivity index (χ1) is 13.3. The normalized spacial score (nSPS) is 11.3. The smallest absolute Gasteiger partial charge is 0.260 e. The highest BCUT2D eigenvalue weighted by Crippen LogP contribution is 2.29. The molecule has 0 spiro atoms. The summed E-state index contributed by atoms with van der Waals surface area (Å²) in [6.45, 7) is 1.45. The van der Waals surface area contributed by atoms with Gasteiger partial charge in [-0.25, -0.2) is 13.8 Å². The molecule has 2 rings (SSSR count). The van der Waals surface area contributed by atoms with Crippen molar-refractivity contribution in [3.05, 3.63) is 53.6 Å². The zero-order chi connectivity index (χ0) is 20.7. The zero-order valence-corrected chi connectivity index (χ0v) is 17.0. The number of aryl methyl sites for hydroxylation is 1. The van der Waals surface area contributed by atoms with Gasteiger partial charge in [-0.3, -0.25) is 9.10 Å². The summed E-state index contributed by atoms with van der Waals surface area (Å²) in [7, 11) is -0.623. The van der Waals surface area contributed by atoms with Gasteiger partial charge in [0.15, 0.2) is 11.5 Å². The van der Waals surface area contributed by atoms with Gasteiger partial charge in [-0.2, -0.15) is 5.10 Å². The summed E-state index contributed by atoms with van der Waals surface area (Å²) in [5, 5.41) is 3.89. The number of hydrogen-bond acceptors (Lipinski definition) is 6. The van der Waals surface area contributed by atoms with E-state index in [9.17, 15) is 13.2 Å². The summed E-state index contributed by atoms with van der Waals surface area (Å²) in [4.78, 5) is 12.2. The lowest BCUT2D eigenvalue weighted by Gasteiger charge is -2.21. The second kappa shape index (κ2) is 9.23. The van der Waals surface area contributed by atoms with Crippen LogP contribution in [0.2, 0.25) is 0 Å². The molecule has 0 radical (unpaired) electrons. The fraction of sp³-hybridized carbons (Fsp3) is 0.263. The average Bonchev–Trinajstić information content (AvgIpc) is 2.64. The van der Waals surface area contributed by atoms with Crippen LogP contribution in [0.4, 0.5) is 5.69 Å². The molecule has 9 heteroatoms. The van der Waals surface area contributed by atoms with E-state index in [0.717, 1.165) is 16.1 Å². The van der Waals surface area contributed by atoms with Crippen LogP contribution in [0.15, 0.2) is 47.6 Å². The summed E-state index contributed by atoms with van der Waals surface area (Å²) in [6, 6.07) is 12.1. The molecule has 8 nitrogen and oxygen atoms in total. The molecule has 0 aromatic heterocycles. The predicted octanol–water partition coefficient (Wildman–Crippen LogP) is 1.93. The summed E-state index contributed by atoms with van der Waals surface area (Å²) in [5.74, 6) is 0.422. The van der Waals surface area contributed by atoms with Crippen LogP contribution < -0.4 is 19.2 Å². The molecule has 150 valence electrons. The van der Waals surface area contributed by atoms with Gasteiger partial charge in [0, 0.05) is 5.56 Å². The van der Waals surface area contributed by atoms with Gasteiger partial charge in [0.25, 0.3) is 5.91 Å². The van der Waals surface area contributed by atoms with Crippen molar-refractivity contribution in [2.45, 2.75) is 6.92 Å². The summed E-state index contributed by atoms with van der Waals surface area (Å²) in [6.07, 6.45) is 2.45. The first kappa shape index (κ1) is 21.2. The molecule has 1 amide bonds. The molecule has 2 aromatic rings. The van der Waals surface area contributed by atoms with Gasteiger partial charge in [0.1, 0.15) is 6.54 Å². The number of carbonyl (C=O) groups is 1. The lowest BCUT2D eigenvalue weighted by Crippen LogP contribution is -2.39. The number of nitrogens with one attached hydrogen (secondary N) is 1. The maximum Gasteiger partial charge on any atom is 0.260 e. The number of sulfonamides is 1. The van der Waals surface area contributed by atoms with Gasteiger partial charge in [-0.05, 0) is 36.8 Å². The molecule has 0 aliphatic carbocycles. The molecule has 0 heterocycles. The van der Waals surface area contributed by atoms with Gasteiger partial charge in [0.2, 0.25) is 10.0 Å². The molecule has 0 unspecified atom stereocenters. The largest absolute Gasteiger partial charge is 0.493 e. The Hall–Kier alpha value is -3.07. The molecule has 0 saturated heterocycles. The molecule has 0 atom stereocenters. The summed E-state index contributed by atoms with van der Waals surface area (Å²) in [5.41, 5.74) is 4.23. The van der Waals surface area contributed by atoms with Crippen LogP contribution in [0, 0.1) is 6.92 Å². The van der Waals surface area contributed by atoms with Crippen molar-refractivity contribution >= 4 is 27.8 Å². The molecular formula is C19H23N3O5S.